The van der Waals surface area contributed by atoms with E-state index in [0.717, 1.165) is 30.5 Å². The molecule has 13 heavy (non-hydrogen) atoms. The summed E-state index contributed by atoms with van der Waals surface area (Å²) in [5.74, 6) is 0.502. The zero-order valence-electron chi connectivity index (χ0n) is 7.42. The van der Waals surface area contributed by atoms with Crippen molar-refractivity contribution in [1.82, 2.24) is 9.97 Å². The van der Waals surface area contributed by atoms with Crippen molar-refractivity contribution in [3.63, 3.8) is 0 Å². The van der Waals surface area contributed by atoms with E-state index in [9.17, 15) is 4.79 Å². The zero-order chi connectivity index (χ0) is 9.26. The van der Waals surface area contributed by atoms with Crippen LogP contribution in [0, 0.1) is 5.92 Å². The smallest absolute Gasteiger partial charge is 0.254 e. The first-order valence-corrected chi connectivity index (χ1v) is 4.56. The van der Waals surface area contributed by atoms with Crippen molar-refractivity contribution in [2.24, 2.45) is 11.7 Å². The van der Waals surface area contributed by atoms with Crippen LogP contribution in [0.1, 0.15) is 17.7 Å². The number of fused-ring (bicyclic) bond motifs is 1. The number of rotatable bonds is 1. The molecule has 4 nitrogen and oxygen atoms in total. The molecule has 0 aromatic carbocycles. The molecule has 2 rings (SSSR count). The van der Waals surface area contributed by atoms with Gasteiger partial charge in [-0.15, -0.1) is 0 Å². The Morgan fingerprint density at radius 3 is 3.31 bits per heavy atom. The first-order chi connectivity index (χ1) is 6.31. The fourth-order valence-corrected chi connectivity index (χ4v) is 1.82. The molecule has 0 fully saturated rings. The first kappa shape index (κ1) is 8.44. The standard InChI is InChI=1S/C9H13N3O/c10-4-6-1-2-7-8(3-6)11-5-12-9(7)13/h5-6H,1-4,10H2,(H,11,12,13). The number of aromatic amines is 1. The third kappa shape index (κ3) is 1.49. The molecule has 0 amide bonds. The maximum Gasteiger partial charge on any atom is 0.254 e. The number of nitrogens with zero attached hydrogens (tertiary/aromatic N) is 1. The molecule has 1 heterocycles. The number of hydrogen-bond donors (Lipinski definition) is 2. The largest absolute Gasteiger partial charge is 0.330 e. The summed E-state index contributed by atoms with van der Waals surface area (Å²) < 4.78 is 0. The Hall–Kier alpha value is -1.16. The van der Waals surface area contributed by atoms with E-state index in [1.54, 1.807) is 0 Å². The summed E-state index contributed by atoms with van der Waals surface area (Å²) >= 11 is 0. The molecule has 1 aliphatic rings. The van der Waals surface area contributed by atoms with E-state index in [1.807, 2.05) is 0 Å². The normalized spacial score (nSPS) is 21.2. The van der Waals surface area contributed by atoms with Gasteiger partial charge in [-0.3, -0.25) is 4.79 Å². The second-order valence-corrected chi connectivity index (χ2v) is 3.50. The van der Waals surface area contributed by atoms with Crippen molar-refractivity contribution < 1.29 is 0 Å². The molecule has 1 atom stereocenters. The lowest BCUT2D eigenvalue weighted by Gasteiger charge is -2.20. The highest BCUT2D eigenvalue weighted by Gasteiger charge is 2.20. The van der Waals surface area contributed by atoms with Gasteiger partial charge in [0.25, 0.3) is 5.56 Å². The fourth-order valence-electron chi connectivity index (χ4n) is 1.82. The van der Waals surface area contributed by atoms with Crippen LogP contribution in [-0.4, -0.2) is 16.5 Å². The third-order valence-corrected chi connectivity index (χ3v) is 2.66. The van der Waals surface area contributed by atoms with Crippen LogP contribution in [0.3, 0.4) is 0 Å². The second kappa shape index (κ2) is 3.30. The van der Waals surface area contributed by atoms with E-state index < -0.39 is 0 Å². The van der Waals surface area contributed by atoms with Crippen LogP contribution in [-0.2, 0) is 12.8 Å². The summed E-state index contributed by atoms with van der Waals surface area (Å²) in [6.07, 6.45) is 4.16. The minimum Gasteiger partial charge on any atom is -0.330 e. The summed E-state index contributed by atoms with van der Waals surface area (Å²) in [5.41, 5.74) is 7.39. The van der Waals surface area contributed by atoms with Crippen LogP contribution in [0.4, 0.5) is 0 Å². The molecule has 1 aliphatic carbocycles. The Kier molecular flexibility index (Phi) is 2.14. The number of hydrogen-bond acceptors (Lipinski definition) is 3. The van der Waals surface area contributed by atoms with Gasteiger partial charge >= 0.3 is 0 Å². The monoisotopic (exact) mass is 179 g/mol. The summed E-state index contributed by atoms with van der Waals surface area (Å²) in [4.78, 5) is 18.1. The second-order valence-electron chi connectivity index (χ2n) is 3.50. The number of nitrogens with one attached hydrogen (secondary N) is 1. The van der Waals surface area contributed by atoms with Crippen molar-refractivity contribution >= 4 is 0 Å². The Labute approximate surface area is 76.2 Å². The quantitative estimate of drug-likeness (QED) is 0.629. The van der Waals surface area contributed by atoms with Crippen molar-refractivity contribution in [3.05, 3.63) is 27.9 Å². The predicted molar refractivity (Wildman–Crippen MR) is 49.4 cm³/mol. The highest BCUT2D eigenvalue weighted by Crippen LogP contribution is 2.19. The SMILES string of the molecule is NCC1CCc2c(nc[nH]c2=O)C1. The van der Waals surface area contributed by atoms with E-state index in [0.29, 0.717) is 12.5 Å². The van der Waals surface area contributed by atoms with Crippen molar-refractivity contribution in [2.45, 2.75) is 19.3 Å². The number of aromatic nitrogens is 2. The van der Waals surface area contributed by atoms with Gasteiger partial charge in [-0.1, -0.05) is 0 Å². The first-order valence-electron chi connectivity index (χ1n) is 4.56. The number of H-pyrrole nitrogens is 1. The van der Waals surface area contributed by atoms with Gasteiger partial charge in [0.1, 0.15) is 0 Å². The van der Waals surface area contributed by atoms with Gasteiger partial charge in [-0.25, -0.2) is 4.98 Å². The molecular weight excluding hydrogens is 166 g/mol. The minimum atomic E-state index is 0.0143. The highest BCUT2D eigenvalue weighted by molar-refractivity contribution is 5.19. The fraction of sp³-hybridized carbons (Fsp3) is 0.556. The van der Waals surface area contributed by atoms with Gasteiger partial charge in [0.2, 0.25) is 0 Å². The summed E-state index contributed by atoms with van der Waals surface area (Å²) in [5, 5.41) is 0. The average molecular weight is 179 g/mol. The maximum absolute atomic E-state index is 11.3. The van der Waals surface area contributed by atoms with Gasteiger partial charge in [-0.2, -0.15) is 0 Å². The van der Waals surface area contributed by atoms with E-state index in [2.05, 4.69) is 9.97 Å². The minimum absolute atomic E-state index is 0.0143. The van der Waals surface area contributed by atoms with Crippen LogP contribution in [0.5, 0.6) is 0 Å². The average Bonchev–Trinajstić information content (AvgIpc) is 2.18. The molecule has 0 aliphatic heterocycles. The third-order valence-electron chi connectivity index (χ3n) is 2.66. The van der Waals surface area contributed by atoms with Gasteiger partial charge in [-0.05, 0) is 31.7 Å². The Balaban J connectivity index is 2.36. The van der Waals surface area contributed by atoms with Gasteiger partial charge in [0.15, 0.2) is 0 Å². The van der Waals surface area contributed by atoms with Crippen molar-refractivity contribution in [2.75, 3.05) is 6.54 Å². The summed E-state index contributed by atoms with van der Waals surface area (Å²) in [6, 6.07) is 0. The Morgan fingerprint density at radius 2 is 2.54 bits per heavy atom. The molecule has 70 valence electrons. The topological polar surface area (TPSA) is 71.8 Å². The molecule has 3 N–H and O–H groups in total. The molecule has 0 saturated heterocycles. The molecule has 0 radical (unpaired) electrons. The molecule has 4 heteroatoms. The molecule has 1 aromatic heterocycles. The van der Waals surface area contributed by atoms with Gasteiger partial charge in [0, 0.05) is 5.56 Å². The van der Waals surface area contributed by atoms with E-state index in [1.165, 1.54) is 6.33 Å². The van der Waals surface area contributed by atoms with Crippen LogP contribution < -0.4 is 11.3 Å². The summed E-state index contributed by atoms with van der Waals surface area (Å²) in [7, 11) is 0. The maximum atomic E-state index is 11.3. The Morgan fingerprint density at radius 1 is 1.69 bits per heavy atom. The zero-order valence-corrected chi connectivity index (χ0v) is 7.42. The molecule has 0 spiro atoms. The van der Waals surface area contributed by atoms with Crippen LogP contribution in [0.2, 0.25) is 0 Å². The molecular formula is C9H13N3O. The van der Waals surface area contributed by atoms with E-state index in [4.69, 9.17) is 5.73 Å². The molecule has 1 aromatic rings. The van der Waals surface area contributed by atoms with E-state index in [-0.39, 0.29) is 5.56 Å². The lowest BCUT2D eigenvalue weighted by atomic mass is 9.87. The highest BCUT2D eigenvalue weighted by atomic mass is 16.1. The van der Waals surface area contributed by atoms with Gasteiger partial charge in [0.05, 0.1) is 12.0 Å². The lowest BCUT2D eigenvalue weighted by Crippen LogP contribution is -2.28. The molecule has 0 bridgehead atoms. The molecule has 0 saturated carbocycles. The predicted octanol–water partition coefficient (Wildman–Crippen LogP) is -0.167. The van der Waals surface area contributed by atoms with Gasteiger partial charge < -0.3 is 10.7 Å². The van der Waals surface area contributed by atoms with Crippen LogP contribution >= 0.6 is 0 Å². The van der Waals surface area contributed by atoms with Crippen molar-refractivity contribution in [1.29, 1.82) is 0 Å². The molecule has 1 unspecified atom stereocenters. The van der Waals surface area contributed by atoms with Crippen molar-refractivity contribution in [3.8, 4) is 0 Å². The summed E-state index contributed by atoms with van der Waals surface area (Å²) in [6.45, 7) is 0.688. The number of nitrogens with two attached hydrogens (primary N) is 1. The lowest BCUT2D eigenvalue weighted by molar-refractivity contribution is 0.458. The Bertz CT molecular complexity index is 358. The van der Waals surface area contributed by atoms with Crippen LogP contribution in [0.25, 0.3) is 0 Å². The van der Waals surface area contributed by atoms with E-state index >= 15 is 0 Å². The van der Waals surface area contributed by atoms with Crippen LogP contribution in [0.15, 0.2) is 11.1 Å².